The quantitative estimate of drug-likeness (QED) is 0.597. The molecule has 1 aliphatic rings. The van der Waals surface area contributed by atoms with Crippen LogP contribution in [-0.2, 0) is 16.4 Å². The summed E-state index contributed by atoms with van der Waals surface area (Å²) in [6.45, 7) is 4.85. The molecule has 1 atom stereocenters. The second-order valence-corrected chi connectivity index (χ2v) is 9.32. The van der Waals surface area contributed by atoms with Gasteiger partial charge in [-0.25, -0.2) is 18.4 Å². The van der Waals surface area contributed by atoms with E-state index < -0.39 is 10.0 Å². The van der Waals surface area contributed by atoms with Crippen LogP contribution in [0.4, 0.5) is 0 Å². The molecule has 4 heterocycles. The molecule has 1 unspecified atom stereocenters. The van der Waals surface area contributed by atoms with Gasteiger partial charge in [-0.3, -0.25) is 4.98 Å². The summed E-state index contributed by atoms with van der Waals surface area (Å²) in [5, 5.41) is 4.05. The van der Waals surface area contributed by atoms with Crippen LogP contribution < -0.4 is 0 Å². The Balaban J connectivity index is 1.45. The van der Waals surface area contributed by atoms with Gasteiger partial charge in [0.15, 0.2) is 5.03 Å². The van der Waals surface area contributed by atoms with Gasteiger partial charge < -0.3 is 9.09 Å². The SMILES string of the molecule is CC(C)n1cnc(S(=O)(=O)N2CCCC(Cc3nc(-c4cnccn4)no3)C2)c1. The van der Waals surface area contributed by atoms with Gasteiger partial charge in [-0.05, 0) is 32.6 Å². The lowest BCUT2D eigenvalue weighted by Crippen LogP contribution is -2.40. The van der Waals surface area contributed by atoms with Gasteiger partial charge in [0.2, 0.25) is 11.7 Å². The lowest BCUT2D eigenvalue weighted by molar-refractivity contribution is 0.246. The molecule has 0 aliphatic carbocycles. The summed E-state index contributed by atoms with van der Waals surface area (Å²) in [4.78, 5) is 16.6. The number of sulfonamides is 1. The third-order valence-electron chi connectivity index (χ3n) is 4.98. The predicted octanol–water partition coefficient (Wildman–Crippen LogP) is 1.95. The molecular weight excluding hydrogens is 394 g/mol. The average Bonchev–Trinajstić information content (AvgIpc) is 3.39. The number of imidazole rings is 1. The van der Waals surface area contributed by atoms with Crippen LogP contribution in [0.2, 0.25) is 0 Å². The molecule has 11 heteroatoms. The van der Waals surface area contributed by atoms with Crippen molar-refractivity contribution in [3.8, 4) is 11.5 Å². The van der Waals surface area contributed by atoms with E-state index in [9.17, 15) is 8.42 Å². The van der Waals surface area contributed by atoms with Crippen LogP contribution in [-0.4, -0.2) is 55.5 Å². The van der Waals surface area contributed by atoms with Crippen molar-refractivity contribution in [2.24, 2.45) is 5.92 Å². The molecule has 0 bridgehead atoms. The minimum absolute atomic E-state index is 0.0922. The largest absolute Gasteiger partial charge is 0.339 e. The van der Waals surface area contributed by atoms with E-state index in [4.69, 9.17) is 4.52 Å². The maximum Gasteiger partial charge on any atom is 0.262 e. The molecule has 0 aromatic carbocycles. The molecule has 1 fully saturated rings. The van der Waals surface area contributed by atoms with Gasteiger partial charge in [0.25, 0.3) is 10.0 Å². The highest BCUT2D eigenvalue weighted by Crippen LogP contribution is 2.26. The average molecular weight is 417 g/mol. The van der Waals surface area contributed by atoms with Crippen LogP contribution in [0.25, 0.3) is 11.5 Å². The topological polar surface area (TPSA) is 120 Å². The van der Waals surface area contributed by atoms with Crippen molar-refractivity contribution in [1.82, 2.24) is 34.0 Å². The van der Waals surface area contributed by atoms with Crippen molar-refractivity contribution in [2.75, 3.05) is 13.1 Å². The Kier molecular flexibility index (Phi) is 5.41. The third kappa shape index (κ3) is 4.20. The lowest BCUT2D eigenvalue weighted by Gasteiger charge is -2.30. The molecule has 0 saturated carbocycles. The zero-order chi connectivity index (χ0) is 20.4. The monoisotopic (exact) mass is 417 g/mol. The second-order valence-electron chi connectivity index (χ2n) is 7.43. The standard InChI is InChI=1S/C18H23N7O3S/c1-13(2)24-11-17(21-12-24)29(26,27)25-7-3-4-14(10-25)8-16-22-18(23-28-16)15-9-19-5-6-20-15/h5-6,9,11-14H,3-4,7-8,10H2,1-2H3. The van der Waals surface area contributed by atoms with E-state index in [2.05, 4.69) is 25.1 Å². The third-order valence-corrected chi connectivity index (χ3v) is 6.73. The van der Waals surface area contributed by atoms with Crippen molar-refractivity contribution >= 4 is 10.0 Å². The van der Waals surface area contributed by atoms with Gasteiger partial charge in [0, 0.05) is 44.1 Å². The first-order valence-electron chi connectivity index (χ1n) is 9.56. The molecular formula is C18H23N7O3S. The van der Waals surface area contributed by atoms with Gasteiger partial charge >= 0.3 is 0 Å². The van der Waals surface area contributed by atoms with Crippen molar-refractivity contribution in [3.63, 3.8) is 0 Å². The van der Waals surface area contributed by atoms with Gasteiger partial charge in [-0.15, -0.1) is 0 Å². The Morgan fingerprint density at radius 3 is 2.86 bits per heavy atom. The zero-order valence-corrected chi connectivity index (χ0v) is 17.2. The molecule has 10 nitrogen and oxygen atoms in total. The van der Waals surface area contributed by atoms with E-state index in [-0.39, 0.29) is 17.0 Å². The molecule has 3 aromatic rings. The number of nitrogens with zero attached hydrogens (tertiary/aromatic N) is 7. The van der Waals surface area contributed by atoms with E-state index in [1.807, 2.05) is 13.8 Å². The van der Waals surface area contributed by atoms with Crippen LogP contribution in [0.15, 0.2) is 40.7 Å². The Labute approximate surface area is 169 Å². The van der Waals surface area contributed by atoms with Crippen LogP contribution in [0.1, 0.15) is 38.6 Å². The Bertz CT molecular complexity index is 1060. The minimum atomic E-state index is -3.62. The normalized spacial score (nSPS) is 18.4. The predicted molar refractivity (Wildman–Crippen MR) is 103 cm³/mol. The van der Waals surface area contributed by atoms with Crippen LogP contribution >= 0.6 is 0 Å². The Hall–Kier alpha value is -2.66. The first kappa shape index (κ1) is 19.6. The highest BCUT2D eigenvalue weighted by molar-refractivity contribution is 7.89. The number of piperidine rings is 1. The summed E-state index contributed by atoms with van der Waals surface area (Å²) in [6, 6.07) is 0.154. The van der Waals surface area contributed by atoms with Crippen LogP contribution in [0, 0.1) is 5.92 Å². The van der Waals surface area contributed by atoms with Crippen molar-refractivity contribution in [3.05, 3.63) is 37.0 Å². The van der Waals surface area contributed by atoms with Crippen LogP contribution in [0.5, 0.6) is 0 Å². The summed E-state index contributed by atoms with van der Waals surface area (Å²) in [6.07, 6.45) is 10.1. The van der Waals surface area contributed by atoms with E-state index in [0.29, 0.717) is 36.9 Å². The minimum Gasteiger partial charge on any atom is -0.339 e. The first-order chi connectivity index (χ1) is 13.9. The zero-order valence-electron chi connectivity index (χ0n) is 16.3. The Morgan fingerprint density at radius 1 is 1.28 bits per heavy atom. The second kappa shape index (κ2) is 7.99. The fourth-order valence-corrected chi connectivity index (χ4v) is 4.86. The maximum atomic E-state index is 13.0. The fourth-order valence-electron chi connectivity index (χ4n) is 3.38. The highest BCUT2D eigenvalue weighted by Gasteiger charge is 2.32. The molecule has 154 valence electrons. The van der Waals surface area contributed by atoms with Gasteiger partial charge in [0.05, 0.1) is 12.5 Å². The number of rotatable bonds is 6. The van der Waals surface area contributed by atoms with Gasteiger partial charge in [-0.1, -0.05) is 5.16 Å². The molecule has 0 spiro atoms. The van der Waals surface area contributed by atoms with Crippen molar-refractivity contribution in [1.29, 1.82) is 0 Å². The summed E-state index contributed by atoms with van der Waals surface area (Å²) < 4.78 is 34.6. The summed E-state index contributed by atoms with van der Waals surface area (Å²) >= 11 is 0. The maximum absolute atomic E-state index is 13.0. The first-order valence-corrected chi connectivity index (χ1v) is 11.0. The fraction of sp³-hybridized carbons (Fsp3) is 0.500. The number of aromatic nitrogens is 6. The van der Waals surface area contributed by atoms with Gasteiger partial charge in [-0.2, -0.15) is 9.29 Å². The molecule has 1 saturated heterocycles. The summed E-state index contributed by atoms with van der Waals surface area (Å²) in [5.41, 5.74) is 0.538. The van der Waals surface area contributed by atoms with E-state index in [0.717, 1.165) is 12.8 Å². The summed E-state index contributed by atoms with van der Waals surface area (Å²) in [5.74, 6) is 0.951. The molecule has 4 rings (SSSR count). The van der Waals surface area contributed by atoms with E-state index in [1.54, 1.807) is 35.7 Å². The molecule has 0 N–H and O–H groups in total. The molecule has 29 heavy (non-hydrogen) atoms. The smallest absolute Gasteiger partial charge is 0.262 e. The lowest BCUT2D eigenvalue weighted by atomic mass is 9.96. The molecule has 1 aliphatic heterocycles. The highest BCUT2D eigenvalue weighted by atomic mass is 32.2. The van der Waals surface area contributed by atoms with Gasteiger partial charge in [0.1, 0.15) is 5.69 Å². The van der Waals surface area contributed by atoms with Crippen molar-refractivity contribution < 1.29 is 12.9 Å². The van der Waals surface area contributed by atoms with E-state index >= 15 is 0 Å². The van der Waals surface area contributed by atoms with Crippen LogP contribution in [0.3, 0.4) is 0 Å². The number of hydrogen-bond acceptors (Lipinski definition) is 8. The molecule has 0 radical (unpaired) electrons. The number of hydrogen-bond donors (Lipinski definition) is 0. The Morgan fingerprint density at radius 2 is 2.14 bits per heavy atom. The van der Waals surface area contributed by atoms with Crippen molar-refractivity contribution in [2.45, 2.75) is 44.2 Å². The van der Waals surface area contributed by atoms with E-state index in [1.165, 1.54) is 4.31 Å². The molecule has 0 amide bonds. The summed E-state index contributed by atoms with van der Waals surface area (Å²) in [7, 11) is -3.62. The molecule has 3 aromatic heterocycles.